The largest absolute Gasteiger partial charge is 0.497 e. The van der Waals surface area contributed by atoms with Gasteiger partial charge in [0.1, 0.15) is 17.1 Å². The number of methoxy groups -OCH3 is 4. The molecule has 12 nitrogen and oxygen atoms in total. The molecule has 3 aromatic rings. The molecule has 0 saturated heterocycles. The molecule has 3 aromatic carbocycles. The van der Waals surface area contributed by atoms with Gasteiger partial charge in [0.25, 0.3) is 5.91 Å². The zero-order valence-corrected chi connectivity index (χ0v) is 29.2. The highest BCUT2D eigenvalue weighted by Crippen LogP contribution is 2.44. The first-order chi connectivity index (χ1) is 23.5. The number of benzene rings is 3. The van der Waals surface area contributed by atoms with Gasteiger partial charge in [0.05, 0.1) is 35.0 Å². The highest BCUT2D eigenvalue weighted by atomic mass is 16.6. The second kappa shape index (κ2) is 16.4. The molecule has 264 valence electrons. The number of carbonyl (C=O) groups is 2. The number of ether oxygens (including phenoxy) is 7. The van der Waals surface area contributed by atoms with Crippen LogP contribution in [0.25, 0.3) is 0 Å². The number of aliphatic imine (C=N–C) groups is 1. The highest BCUT2D eigenvalue weighted by molar-refractivity contribution is 6.01. The molecule has 0 spiro atoms. The Morgan fingerprint density at radius 2 is 1.61 bits per heavy atom. The van der Waals surface area contributed by atoms with Crippen molar-refractivity contribution in [3.05, 3.63) is 77.4 Å². The van der Waals surface area contributed by atoms with Crippen molar-refractivity contribution in [2.75, 3.05) is 41.7 Å². The topological polar surface area (TPSA) is 143 Å². The van der Waals surface area contributed by atoms with Gasteiger partial charge < -0.3 is 43.6 Å². The summed E-state index contributed by atoms with van der Waals surface area (Å²) in [6, 6.07) is 17.8. The van der Waals surface area contributed by atoms with Gasteiger partial charge in [-0.1, -0.05) is 12.1 Å². The highest BCUT2D eigenvalue weighted by Gasteiger charge is 2.53. The maximum absolute atomic E-state index is 14.6. The van der Waals surface area contributed by atoms with Crippen LogP contribution in [0, 0.1) is 0 Å². The lowest BCUT2D eigenvalue weighted by molar-refractivity contribution is -0.155. The van der Waals surface area contributed by atoms with Gasteiger partial charge in [-0.2, -0.15) is 0 Å². The van der Waals surface area contributed by atoms with Crippen molar-refractivity contribution in [1.82, 2.24) is 5.32 Å². The number of hydrogen-bond acceptors (Lipinski definition) is 11. The zero-order valence-electron chi connectivity index (χ0n) is 29.2. The van der Waals surface area contributed by atoms with E-state index in [0.29, 0.717) is 58.5 Å². The molecule has 0 unspecified atom stereocenters. The van der Waals surface area contributed by atoms with Crippen molar-refractivity contribution in [3.63, 3.8) is 0 Å². The minimum atomic E-state index is -1.59. The van der Waals surface area contributed by atoms with Crippen LogP contribution < -0.4 is 29.0 Å². The van der Waals surface area contributed by atoms with E-state index >= 15 is 0 Å². The molecule has 12 heteroatoms. The van der Waals surface area contributed by atoms with Gasteiger partial charge in [0.15, 0.2) is 23.1 Å². The van der Waals surface area contributed by atoms with E-state index in [-0.39, 0.29) is 31.9 Å². The monoisotopic (exact) mass is 678 g/mol. The smallest absolute Gasteiger partial charge is 0.306 e. The van der Waals surface area contributed by atoms with E-state index in [9.17, 15) is 9.59 Å². The summed E-state index contributed by atoms with van der Waals surface area (Å²) in [6.45, 7) is 5.84. The fourth-order valence-electron chi connectivity index (χ4n) is 5.43. The summed E-state index contributed by atoms with van der Waals surface area (Å²) >= 11 is 0. The Hall–Kier alpha value is -4.97. The minimum absolute atomic E-state index is 0.0171. The molecular weight excluding hydrogens is 632 g/mol. The summed E-state index contributed by atoms with van der Waals surface area (Å²) in [5, 5.41) is 12.1. The summed E-state index contributed by atoms with van der Waals surface area (Å²) < 4.78 is 39.8. The molecule has 0 saturated carbocycles. The summed E-state index contributed by atoms with van der Waals surface area (Å²) in [6.07, 6.45) is -0.546. The van der Waals surface area contributed by atoms with Crippen LogP contribution in [0.4, 0.5) is 0 Å². The Morgan fingerprint density at radius 3 is 2.20 bits per heavy atom. The molecule has 2 atom stereocenters. The lowest BCUT2D eigenvalue weighted by Gasteiger charge is -2.31. The first-order valence-corrected chi connectivity index (χ1v) is 16.0. The second-order valence-electron chi connectivity index (χ2n) is 12.4. The van der Waals surface area contributed by atoms with E-state index in [1.54, 1.807) is 82.5 Å². The third-order valence-corrected chi connectivity index (χ3v) is 7.73. The standard InChI is InChI=1S/C37H46N2O10/c1-36(2,3)49-31(41)16-17-37(35(42)38-23-24-20-29(44-5)32(46-7)30(21-24)45-6)33(26-10-8-11-28(22-26)43-4)48-34(39-37)25-12-14-27(15-13-25)47-19-9-18-40/h8,10-15,20-22,33,40H,9,16-19,23H2,1-7H3,(H,38,42)/t33-,37-/m1/s1. The van der Waals surface area contributed by atoms with E-state index in [4.69, 9.17) is 43.3 Å². The first kappa shape index (κ1) is 36.9. The molecule has 1 heterocycles. The number of carbonyl (C=O) groups excluding carboxylic acids is 2. The Labute approximate surface area is 287 Å². The maximum Gasteiger partial charge on any atom is 0.306 e. The van der Waals surface area contributed by atoms with Crippen LogP contribution in [-0.4, -0.2) is 75.7 Å². The van der Waals surface area contributed by atoms with Gasteiger partial charge in [-0.15, -0.1) is 0 Å². The summed E-state index contributed by atoms with van der Waals surface area (Å²) in [7, 11) is 6.11. The number of aliphatic hydroxyl groups is 1. The van der Waals surface area contributed by atoms with E-state index in [2.05, 4.69) is 5.32 Å². The quantitative estimate of drug-likeness (QED) is 0.154. The minimum Gasteiger partial charge on any atom is -0.497 e. The summed E-state index contributed by atoms with van der Waals surface area (Å²) in [5.41, 5.74) is -0.376. The lowest BCUT2D eigenvalue weighted by atomic mass is 9.83. The molecule has 0 radical (unpaired) electrons. The van der Waals surface area contributed by atoms with Crippen LogP contribution >= 0.6 is 0 Å². The van der Waals surface area contributed by atoms with Crippen molar-refractivity contribution in [2.45, 2.75) is 63.8 Å². The van der Waals surface area contributed by atoms with Crippen LogP contribution in [0.15, 0.2) is 65.7 Å². The predicted octanol–water partition coefficient (Wildman–Crippen LogP) is 5.18. The number of aliphatic hydroxyl groups excluding tert-OH is 1. The van der Waals surface area contributed by atoms with Gasteiger partial charge >= 0.3 is 5.97 Å². The fourth-order valence-corrected chi connectivity index (χ4v) is 5.43. The Bertz CT molecular complexity index is 1590. The van der Waals surface area contributed by atoms with Gasteiger partial charge in [-0.25, -0.2) is 4.99 Å². The third kappa shape index (κ3) is 9.14. The van der Waals surface area contributed by atoms with E-state index in [1.165, 1.54) is 21.3 Å². The molecule has 1 aliphatic rings. The summed E-state index contributed by atoms with van der Waals surface area (Å²) in [4.78, 5) is 32.6. The average molecular weight is 679 g/mol. The number of esters is 1. The summed E-state index contributed by atoms with van der Waals surface area (Å²) in [5.74, 6) is 1.77. The Balaban J connectivity index is 1.77. The zero-order chi connectivity index (χ0) is 35.6. The first-order valence-electron chi connectivity index (χ1n) is 16.0. The number of nitrogens with one attached hydrogen (secondary N) is 1. The molecule has 4 rings (SSSR count). The van der Waals surface area contributed by atoms with Gasteiger partial charge in [0, 0.05) is 31.6 Å². The SMILES string of the molecule is COc1cccc([C@H]2OC(c3ccc(OCCCO)cc3)=N[C@@]2(CCC(=O)OC(C)(C)C)C(=O)NCc2cc(OC)c(OC)c(OC)c2)c1. The van der Waals surface area contributed by atoms with Crippen LogP contribution in [-0.2, 0) is 25.6 Å². The lowest BCUT2D eigenvalue weighted by Crippen LogP contribution is -2.48. The second-order valence-corrected chi connectivity index (χ2v) is 12.4. The molecule has 49 heavy (non-hydrogen) atoms. The number of hydrogen-bond donors (Lipinski definition) is 2. The van der Waals surface area contributed by atoms with Gasteiger partial charge in [-0.05, 0) is 86.8 Å². The molecule has 1 amide bonds. The molecule has 0 bridgehead atoms. The Morgan fingerprint density at radius 1 is 0.918 bits per heavy atom. The maximum atomic E-state index is 14.6. The predicted molar refractivity (Wildman–Crippen MR) is 183 cm³/mol. The number of rotatable bonds is 16. The molecule has 1 aliphatic heterocycles. The van der Waals surface area contributed by atoms with Crippen molar-refractivity contribution in [2.24, 2.45) is 4.99 Å². The van der Waals surface area contributed by atoms with Crippen LogP contribution in [0.5, 0.6) is 28.7 Å². The van der Waals surface area contributed by atoms with E-state index in [1.807, 2.05) is 6.07 Å². The van der Waals surface area contributed by atoms with Gasteiger partial charge in [-0.3, -0.25) is 9.59 Å². The molecule has 0 aromatic heterocycles. The fraction of sp³-hybridized carbons (Fsp3) is 0.432. The average Bonchev–Trinajstić information content (AvgIpc) is 3.49. The van der Waals surface area contributed by atoms with Crippen molar-refractivity contribution in [1.29, 1.82) is 0 Å². The van der Waals surface area contributed by atoms with E-state index < -0.39 is 29.1 Å². The van der Waals surface area contributed by atoms with Crippen molar-refractivity contribution >= 4 is 17.8 Å². The molecular formula is C37H46N2O10. The molecule has 2 N–H and O–H groups in total. The van der Waals surface area contributed by atoms with Gasteiger partial charge in [0.2, 0.25) is 11.6 Å². The van der Waals surface area contributed by atoms with Crippen molar-refractivity contribution in [3.8, 4) is 28.7 Å². The van der Waals surface area contributed by atoms with Crippen LogP contribution in [0.2, 0.25) is 0 Å². The van der Waals surface area contributed by atoms with Crippen LogP contribution in [0.3, 0.4) is 0 Å². The normalized spacial score (nSPS) is 17.0. The molecule has 0 fully saturated rings. The Kier molecular flexibility index (Phi) is 12.4. The third-order valence-electron chi connectivity index (χ3n) is 7.73. The van der Waals surface area contributed by atoms with E-state index in [0.717, 1.165) is 0 Å². The van der Waals surface area contributed by atoms with Crippen molar-refractivity contribution < 1.29 is 47.9 Å². The number of nitrogens with zero attached hydrogens (tertiary/aromatic N) is 1. The van der Waals surface area contributed by atoms with Crippen LogP contribution in [0.1, 0.15) is 62.8 Å². The number of amides is 1. The molecule has 0 aliphatic carbocycles.